The molecule has 2 heterocycles. The summed E-state index contributed by atoms with van der Waals surface area (Å²) in [6.45, 7) is 6.25. The van der Waals surface area contributed by atoms with E-state index in [1.807, 2.05) is 25.1 Å². The fourth-order valence-electron chi connectivity index (χ4n) is 2.73. The normalized spacial score (nSPS) is 15.3. The Balaban J connectivity index is 1.63. The van der Waals surface area contributed by atoms with Gasteiger partial charge in [0.15, 0.2) is 0 Å². The summed E-state index contributed by atoms with van der Waals surface area (Å²) in [7, 11) is 2.10. The Morgan fingerprint density at radius 1 is 1.21 bits per heavy atom. The first-order valence-electron chi connectivity index (χ1n) is 8.22. The lowest BCUT2D eigenvalue weighted by atomic mass is 10.1. The van der Waals surface area contributed by atoms with Crippen LogP contribution in [0.25, 0.3) is 0 Å². The Morgan fingerprint density at radius 2 is 2.00 bits per heavy atom. The number of piperazine rings is 1. The molecule has 6 nitrogen and oxygen atoms in total. The van der Waals surface area contributed by atoms with Crippen molar-refractivity contribution in [1.82, 2.24) is 20.2 Å². The van der Waals surface area contributed by atoms with Gasteiger partial charge in [-0.25, -0.2) is 9.97 Å². The van der Waals surface area contributed by atoms with E-state index in [1.165, 1.54) is 5.56 Å². The molecule has 6 heteroatoms. The molecule has 3 rings (SSSR count). The van der Waals surface area contributed by atoms with Crippen LogP contribution >= 0.6 is 0 Å². The summed E-state index contributed by atoms with van der Waals surface area (Å²) in [5, 5.41) is 2.92. The maximum Gasteiger partial charge on any atom is 0.270 e. The minimum absolute atomic E-state index is 0.172. The molecule has 1 aliphatic heterocycles. The Morgan fingerprint density at radius 3 is 2.75 bits per heavy atom. The molecule has 0 radical (unpaired) electrons. The van der Waals surface area contributed by atoms with Crippen molar-refractivity contribution in [3.05, 3.63) is 53.3 Å². The van der Waals surface area contributed by atoms with Gasteiger partial charge in [-0.1, -0.05) is 29.8 Å². The van der Waals surface area contributed by atoms with Gasteiger partial charge >= 0.3 is 0 Å². The number of hydrogen-bond acceptors (Lipinski definition) is 5. The lowest BCUT2D eigenvalue weighted by molar-refractivity contribution is 0.0945. The van der Waals surface area contributed by atoms with Crippen molar-refractivity contribution in [2.45, 2.75) is 13.5 Å². The van der Waals surface area contributed by atoms with Crippen molar-refractivity contribution < 1.29 is 4.79 Å². The number of carbonyl (C=O) groups is 1. The van der Waals surface area contributed by atoms with Crippen molar-refractivity contribution in [2.75, 3.05) is 38.1 Å². The van der Waals surface area contributed by atoms with Crippen molar-refractivity contribution in [2.24, 2.45) is 0 Å². The molecule has 1 N–H and O–H groups in total. The average molecular weight is 325 g/mol. The van der Waals surface area contributed by atoms with Crippen LogP contribution in [-0.2, 0) is 6.54 Å². The lowest BCUT2D eigenvalue weighted by Crippen LogP contribution is -2.45. The standard InChI is InChI=1S/C18H23N5O/c1-14-4-3-5-15(12-14)13-20-17(24)16-6-7-19-18(21-16)23-10-8-22(2)9-11-23/h3-7,12H,8-11,13H2,1-2H3,(H,20,24). The van der Waals surface area contributed by atoms with Gasteiger partial charge < -0.3 is 15.1 Å². The maximum absolute atomic E-state index is 12.4. The van der Waals surface area contributed by atoms with Crippen molar-refractivity contribution >= 4 is 11.9 Å². The van der Waals surface area contributed by atoms with Crippen LogP contribution in [0.15, 0.2) is 36.5 Å². The van der Waals surface area contributed by atoms with Crippen LogP contribution in [-0.4, -0.2) is 54.0 Å². The van der Waals surface area contributed by atoms with Gasteiger partial charge in [0.2, 0.25) is 5.95 Å². The van der Waals surface area contributed by atoms with E-state index in [0.717, 1.165) is 31.7 Å². The molecule has 2 aromatic rings. The highest BCUT2D eigenvalue weighted by atomic mass is 16.1. The highest BCUT2D eigenvalue weighted by Crippen LogP contribution is 2.11. The molecular weight excluding hydrogens is 302 g/mol. The third kappa shape index (κ3) is 4.08. The minimum Gasteiger partial charge on any atom is -0.347 e. The minimum atomic E-state index is -0.172. The molecule has 1 aliphatic rings. The molecule has 0 spiro atoms. The SMILES string of the molecule is Cc1cccc(CNC(=O)c2ccnc(N3CCN(C)CC3)n2)c1. The van der Waals surface area contributed by atoms with E-state index in [9.17, 15) is 4.79 Å². The zero-order valence-corrected chi connectivity index (χ0v) is 14.2. The number of carbonyl (C=O) groups excluding carboxylic acids is 1. The molecule has 1 aromatic heterocycles. The van der Waals surface area contributed by atoms with Gasteiger partial charge in [-0.2, -0.15) is 0 Å². The van der Waals surface area contributed by atoms with Crippen LogP contribution in [0.5, 0.6) is 0 Å². The molecule has 24 heavy (non-hydrogen) atoms. The number of anilines is 1. The van der Waals surface area contributed by atoms with Crippen LogP contribution in [0.3, 0.4) is 0 Å². The smallest absolute Gasteiger partial charge is 0.270 e. The predicted octanol–water partition coefficient (Wildman–Crippen LogP) is 1.47. The zero-order chi connectivity index (χ0) is 16.9. The fraction of sp³-hybridized carbons (Fsp3) is 0.389. The van der Waals surface area contributed by atoms with E-state index >= 15 is 0 Å². The largest absolute Gasteiger partial charge is 0.347 e. The van der Waals surface area contributed by atoms with Crippen LogP contribution in [0.1, 0.15) is 21.6 Å². The number of hydrogen-bond donors (Lipinski definition) is 1. The molecule has 1 fully saturated rings. The van der Waals surface area contributed by atoms with Gasteiger partial charge in [-0.15, -0.1) is 0 Å². The number of amides is 1. The van der Waals surface area contributed by atoms with Gasteiger partial charge in [0.05, 0.1) is 0 Å². The summed E-state index contributed by atoms with van der Waals surface area (Å²) in [4.78, 5) is 25.5. The van der Waals surface area contributed by atoms with Gasteiger partial charge in [-0.3, -0.25) is 4.79 Å². The Kier molecular flexibility index (Phi) is 5.05. The van der Waals surface area contributed by atoms with E-state index in [4.69, 9.17) is 0 Å². The van der Waals surface area contributed by atoms with Crippen LogP contribution in [0.4, 0.5) is 5.95 Å². The third-order valence-electron chi connectivity index (χ3n) is 4.20. The molecule has 0 unspecified atom stereocenters. The van der Waals surface area contributed by atoms with Crippen molar-refractivity contribution in [1.29, 1.82) is 0 Å². The third-order valence-corrected chi connectivity index (χ3v) is 4.20. The number of rotatable bonds is 4. The molecule has 1 aromatic carbocycles. The Hall–Kier alpha value is -2.47. The number of nitrogens with one attached hydrogen (secondary N) is 1. The average Bonchev–Trinajstić information content (AvgIpc) is 2.60. The molecule has 1 amide bonds. The molecule has 1 saturated heterocycles. The van der Waals surface area contributed by atoms with E-state index in [2.05, 4.69) is 38.2 Å². The summed E-state index contributed by atoms with van der Waals surface area (Å²) in [5.41, 5.74) is 2.67. The van der Waals surface area contributed by atoms with Gasteiger partial charge in [0.1, 0.15) is 5.69 Å². The first-order valence-corrected chi connectivity index (χ1v) is 8.22. The molecule has 0 aliphatic carbocycles. The van der Waals surface area contributed by atoms with E-state index in [0.29, 0.717) is 18.2 Å². The molecule has 126 valence electrons. The first-order chi connectivity index (χ1) is 11.6. The highest BCUT2D eigenvalue weighted by Gasteiger charge is 2.17. The monoisotopic (exact) mass is 325 g/mol. The second-order valence-corrected chi connectivity index (χ2v) is 6.20. The summed E-state index contributed by atoms with van der Waals surface area (Å²) in [6, 6.07) is 9.76. The highest BCUT2D eigenvalue weighted by molar-refractivity contribution is 5.92. The second kappa shape index (κ2) is 7.40. The number of likely N-dealkylation sites (N-methyl/N-ethyl adjacent to an activating group) is 1. The van der Waals surface area contributed by atoms with Crippen molar-refractivity contribution in [3.8, 4) is 0 Å². The maximum atomic E-state index is 12.4. The fourth-order valence-corrected chi connectivity index (χ4v) is 2.73. The lowest BCUT2D eigenvalue weighted by Gasteiger charge is -2.32. The summed E-state index contributed by atoms with van der Waals surface area (Å²) in [5.74, 6) is 0.459. The van der Waals surface area contributed by atoms with Gasteiger partial charge in [0.25, 0.3) is 5.91 Å². The quantitative estimate of drug-likeness (QED) is 0.922. The van der Waals surface area contributed by atoms with Crippen LogP contribution in [0, 0.1) is 6.92 Å². The Labute approximate surface area is 142 Å². The summed E-state index contributed by atoms with van der Waals surface area (Å²) < 4.78 is 0. The number of aromatic nitrogens is 2. The molecule has 0 saturated carbocycles. The molecular formula is C18H23N5O. The van der Waals surface area contributed by atoms with Gasteiger partial charge in [0, 0.05) is 38.9 Å². The number of aryl methyl sites for hydroxylation is 1. The molecule has 0 bridgehead atoms. The van der Waals surface area contributed by atoms with Gasteiger partial charge in [-0.05, 0) is 25.6 Å². The van der Waals surface area contributed by atoms with Crippen LogP contribution < -0.4 is 10.2 Å². The number of nitrogens with zero attached hydrogens (tertiary/aromatic N) is 4. The van der Waals surface area contributed by atoms with E-state index in [-0.39, 0.29) is 5.91 Å². The van der Waals surface area contributed by atoms with E-state index < -0.39 is 0 Å². The molecule has 0 atom stereocenters. The Bertz CT molecular complexity index is 710. The number of benzene rings is 1. The predicted molar refractivity (Wildman–Crippen MR) is 94.1 cm³/mol. The first kappa shape index (κ1) is 16.4. The van der Waals surface area contributed by atoms with E-state index in [1.54, 1.807) is 12.3 Å². The van der Waals surface area contributed by atoms with Crippen molar-refractivity contribution in [3.63, 3.8) is 0 Å². The summed E-state index contributed by atoms with van der Waals surface area (Å²) >= 11 is 0. The van der Waals surface area contributed by atoms with Crippen LogP contribution in [0.2, 0.25) is 0 Å². The summed E-state index contributed by atoms with van der Waals surface area (Å²) in [6.07, 6.45) is 1.65. The second-order valence-electron chi connectivity index (χ2n) is 6.20. The topological polar surface area (TPSA) is 61.4 Å². The zero-order valence-electron chi connectivity index (χ0n) is 14.2.